The van der Waals surface area contributed by atoms with E-state index in [-0.39, 0.29) is 5.91 Å². The van der Waals surface area contributed by atoms with Crippen molar-refractivity contribution in [2.24, 2.45) is 0 Å². The molecule has 30 heavy (non-hydrogen) atoms. The third kappa shape index (κ3) is 4.47. The summed E-state index contributed by atoms with van der Waals surface area (Å²) in [6.07, 6.45) is 0.911. The van der Waals surface area contributed by atoms with Crippen LogP contribution in [0.5, 0.6) is 5.75 Å². The molecule has 4 rings (SSSR count). The molecule has 0 bridgehead atoms. The summed E-state index contributed by atoms with van der Waals surface area (Å²) in [5, 5.41) is 9.97. The fraction of sp³-hybridized carbons (Fsp3) is 0.227. The number of amides is 1. The van der Waals surface area contributed by atoms with Crippen molar-refractivity contribution >= 4 is 39.8 Å². The molecule has 0 saturated heterocycles. The zero-order chi connectivity index (χ0) is 21.1. The third-order valence-corrected chi connectivity index (χ3v) is 6.04. The molecule has 0 unspecified atom stereocenters. The molecule has 1 amide bonds. The third-order valence-electron chi connectivity index (χ3n) is 4.63. The van der Waals surface area contributed by atoms with Gasteiger partial charge in [-0.15, -0.1) is 16.4 Å². The zero-order valence-electron chi connectivity index (χ0n) is 16.7. The van der Waals surface area contributed by atoms with Crippen molar-refractivity contribution in [3.63, 3.8) is 0 Å². The topological polar surface area (TPSA) is 68.5 Å². The van der Waals surface area contributed by atoms with E-state index in [0.717, 1.165) is 38.1 Å². The highest BCUT2D eigenvalue weighted by Crippen LogP contribution is 2.27. The summed E-state index contributed by atoms with van der Waals surface area (Å²) < 4.78 is 7.51. The monoisotopic (exact) mass is 440 g/mol. The lowest BCUT2D eigenvalue weighted by atomic mass is 10.1. The van der Waals surface area contributed by atoms with Gasteiger partial charge in [0.1, 0.15) is 5.75 Å². The second-order valence-corrected chi connectivity index (χ2v) is 8.20. The van der Waals surface area contributed by atoms with E-state index in [0.29, 0.717) is 25.4 Å². The van der Waals surface area contributed by atoms with Gasteiger partial charge in [-0.3, -0.25) is 10.1 Å². The number of anilines is 1. The van der Waals surface area contributed by atoms with Crippen molar-refractivity contribution < 1.29 is 9.53 Å². The lowest BCUT2D eigenvalue weighted by Crippen LogP contribution is -2.14. The Bertz CT molecular complexity index is 1160. The molecule has 4 aromatic rings. The molecule has 0 atom stereocenters. The van der Waals surface area contributed by atoms with Crippen molar-refractivity contribution in [1.29, 1.82) is 0 Å². The quantitative estimate of drug-likeness (QED) is 0.384. The van der Waals surface area contributed by atoms with E-state index in [1.165, 1.54) is 11.3 Å². The van der Waals surface area contributed by atoms with Gasteiger partial charge in [-0.25, -0.2) is 4.52 Å². The number of nitrogens with one attached hydrogen (secondary N) is 1. The number of nitrogens with zero attached hydrogens (tertiary/aromatic N) is 3. The Balaban J connectivity index is 1.31. The van der Waals surface area contributed by atoms with Crippen LogP contribution in [0.15, 0.2) is 47.8 Å². The first-order valence-electron chi connectivity index (χ1n) is 9.60. The number of carbonyl (C=O) groups is 1. The van der Waals surface area contributed by atoms with E-state index in [9.17, 15) is 4.79 Å². The van der Waals surface area contributed by atoms with Gasteiger partial charge >= 0.3 is 0 Å². The maximum Gasteiger partial charge on any atom is 0.250 e. The summed E-state index contributed by atoms with van der Waals surface area (Å²) in [6, 6.07) is 13.8. The summed E-state index contributed by atoms with van der Waals surface area (Å²) in [6.45, 7) is 4.33. The average Bonchev–Trinajstić information content (AvgIpc) is 3.30. The molecule has 0 spiro atoms. The van der Waals surface area contributed by atoms with Crippen LogP contribution in [0.4, 0.5) is 5.95 Å². The Morgan fingerprint density at radius 2 is 1.93 bits per heavy atom. The average molecular weight is 441 g/mol. The fourth-order valence-electron chi connectivity index (χ4n) is 3.14. The Morgan fingerprint density at radius 3 is 2.67 bits per heavy atom. The van der Waals surface area contributed by atoms with Crippen molar-refractivity contribution in [2.75, 3.05) is 11.9 Å². The molecular formula is C22H21ClN4O2S. The molecule has 8 heteroatoms. The largest absolute Gasteiger partial charge is 0.494 e. The van der Waals surface area contributed by atoms with Crippen LogP contribution in [0, 0.1) is 13.8 Å². The number of hydrogen-bond acceptors (Lipinski definition) is 5. The maximum absolute atomic E-state index is 12.3. The van der Waals surface area contributed by atoms with Crippen LogP contribution in [-0.4, -0.2) is 27.1 Å². The minimum atomic E-state index is -0.137. The van der Waals surface area contributed by atoms with E-state index in [1.54, 1.807) is 4.52 Å². The summed E-state index contributed by atoms with van der Waals surface area (Å²) >= 11 is 7.66. The summed E-state index contributed by atoms with van der Waals surface area (Å²) in [4.78, 5) is 17.4. The second kappa shape index (κ2) is 8.85. The van der Waals surface area contributed by atoms with Gasteiger partial charge in [-0.2, -0.15) is 4.98 Å². The second-order valence-electron chi connectivity index (χ2n) is 6.99. The van der Waals surface area contributed by atoms with Crippen molar-refractivity contribution in [2.45, 2.75) is 26.7 Å². The van der Waals surface area contributed by atoms with E-state index < -0.39 is 0 Å². The predicted molar refractivity (Wildman–Crippen MR) is 121 cm³/mol. The number of rotatable bonds is 7. The Morgan fingerprint density at radius 1 is 1.20 bits per heavy atom. The maximum atomic E-state index is 12.3. The van der Waals surface area contributed by atoms with Crippen molar-refractivity contribution in [3.8, 4) is 17.0 Å². The van der Waals surface area contributed by atoms with Crippen LogP contribution < -0.4 is 10.1 Å². The standard InChI is InChI=1S/C22H21ClN4O2S/c1-14-11-17(12-15(2)20(14)23)29-10-6-9-19(28)24-21-25-22-27(26-21)18(13-30-22)16-7-4-3-5-8-16/h3-5,7-8,11-13H,6,9-10H2,1-2H3,(H,24,26,28). The van der Waals surface area contributed by atoms with E-state index in [2.05, 4.69) is 15.4 Å². The van der Waals surface area contributed by atoms with Crippen molar-refractivity contribution in [3.05, 3.63) is 64.0 Å². The van der Waals surface area contributed by atoms with E-state index >= 15 is 0 Å². The summed E-state index contributed by atoms with van der Waals surface area (Å²) in [5.74, 6) is 0.940. The van der Waals surface area contributed by atoms with Gasteiger partial charge in [0.2, 0.25) is 16.8 Å². The molecule has 2 aromatic carbocycles. The number of thiazole rings is 1. The Labute approximate surface area is 183 Å². The van der Waals surface area contributed by atoms with Gasteiger partial charge in [0.25, 0.3) is 0 Å². The fourth-order valence-corrected chi connectivity index (χ4v) is 4.08. The molecule has 0 saturated carbocycles. The molecule has 6 nitrogen and oxygen atoms in total. The number of hydrogen-bond donors (Lipinski definition) is 1. The molecule has 0 aliphatic rings. The number of aryl methyl sites for hydroxylation is 2. The number of halogens is 1. The van der Waals surface area contributed by atoms with Crippen LogP contribution in [0.3, 0.4) is 0 Å². The van der Waals surface area contributed by atoms with Gasteiger partial charge in [-0.05, 0) is 43.5 Å². The number of benzene rings is 2. The van der Waals surface area contributed by atoms with Crippen LogP contribution in [0.25, 0.3) is 16.2 Å². The van der Waals surface area contributed by atoms with E-state index in [1.807, 2.05) is 61.7 Å². The first-order chi connectivity index (χ1) is 14.5. The minimum absolute atomic E-state index is 0.137. The molecule has 0 aliphatic heterocycles. The Kier molecular flexibility index (Phi) is 6.01. The molecule has 0 aliphatic carbocycles. The van der Waals surface area contributed by atoms with Gasteiger partial charge in [-0.1, -0.05) is 41.9 Å². The number of carbonyl (C=O) groups excluding carboxylic acids is 1. The molecule has 0 radical (unpaired) electrons. The molecule has 154 valence electrons. The SMILES string of the molecule is Cc1cc(OCCCC(=O)Nc2nc3scc(-c4ccccc4)n3n2)cc(C)c1Cl. The van der Waals surface area contributed by atoms with Gasteiger partial charge in [0, 0.05) is 22.4 Å². The lowest BCUT2D eigenvalue weighted by Gasteiger charge is -2.09. The van der Waals surface area contributed by atoms with Crippen LogP contribution in [0.2, 0.25) is 5.02 Å². The van der Waals surface area contributed by atoms with Crippen LogP contribution >= 0.6 is 22.9 Å². The lowest BCUT2D eigenvalue weighted by molar-refractivity contribution is -0.116. The number of aromatic nitrogens is 3. The van der Waals surface area contributed by atoms with Crippen LogP contribution in [0.1, 0.15) is 24.0 Å². The van der Waals surface area contributed by atoms with E-state index in [4.69, 9.17) is 16.3 Å². The molecule has 0 fully saturated rings. The minimum Gasteiger partial charge on any atom is -0.494 e. The summed E-state index contributed by atoms with van der Waals surface area (Å²) in [5.41, 5.74) is 3.96. The van der Waals surface area contributed by atoms with Gasteiger partial charge in [0.15, 0.2) is 0 Å². The zero-order valence-corrected chi connectivity index (χ0v) is 18.3. The van der Waals surface area contributed by atoms with Crippen molar-refractivity contribution in [1.82, 2.24) is 14.6 Å². The van der Waals surface area contributed by atoms with Gasteiger partial charge in [0.05, 0.1) is 12.3 Å². The molecular weight excluding hydrogens is 420 g/mol. The highest BCUT2D eigenvalue weighted by atomic mass is 35.5. The molecule has 2 heterocycles. The highest BCUT2D eigenvalue weighted by Gasteiger charge is 2.13. The number of fused-ring (bicyclic) bond motifs is 1. The number of ether oxygens (including phenoxy) is 1. The molecule has 1 N–H and O–H groups in total. The van der Waals surface area contributed by atoms with Gasteiger partial charge < -0.3 is 4.74 Å². The Hall–Kier alpha value is -2.90. The first-order valence-corrected chi connectivity index (χ1v) is 10.9. The predicted octanol–water partition coefficient (Wildman–Crippen LogP) is 5.53. The summed E-state index contributed by atoms with van der Waals surface area (Å²) in [7, 11) is 0. The highest BCUT2D eigenvalue weighted by molar-refractivity contribution is 7.15. The first kappa shape index (κ1) is 20.4. The van der Waals surface area contributed by atoms with Crippen LogP contribution in [-0.2, 0) is 4.79 Å². The normalized spacial score (nSPS) is 11.0. The smallest absolute Gasteiger partial charge is 0.250 e. The molecule has 2 aromatic heterocycles.